The zero-order valence-corrected chi connectivity index (χ0v) is 17.9. The van der Waals surface area contributed by atoms with E-state index in [1.54, 1.807) is 48.6 Å². The zero-order valence-electron chi connectivity index (χ0n) is 17.9. The first-order valence-electron chi connectivity index (χ1n) is 10.7. The third-order valence-corrected chi connectivity index (χ3v) is 5.17. The van der Waals surface area contributed by atoms with Crippen LogP contribution in [0.5, 0.6) is 5.75 Å². The van der Waals surface area contributed by atoms with E-state index < -0.39 is 11.6 Å². The smallest absolute Gasteiger partial charge is 0.166 e. The Kier molecular flexibility index (Phi) is 7.94. The predicted octanol–water partition coefficient (Wildman–Crippen LogP) is 8.07. The molecule has 0 saturated heterocycles. The average molecular weight is 425 g/mol. The first-order valence-corrected chi connectivity index (χ1v) is 10.7. The molecule has 0 N–H and O–H groups in total. The van der Waals surface area contributed by atoms with Gasteiger partial charge in [0.1, 0.15) is 11.6 Å². The molecule has 0 unspecified atom stereocenters. The molecule has 3 aromatic rings. The Balaban J connectivity index is 1.73. The maximum Gasteiger partial charge on any atom is 0.166 e. The molecule has 4 heteroatoms. The van der Waals surface area contributed by atoms with Crippen molar-refractivity contribution in [1.82, 2.24) is 0 Å². The number of hydrogen-bond donors (Lipinski definition) is 0. The molecule has 0 fully saturated rings. The highest BCUT2D eigenvalue weighted by molar-refractivity contribution is 5.72. The van der Waals surface area contributed by atoms with E-state index in [0.29, 0.717) is 29.9 Å². The first-order chi connectivity index (χ1) is 15.0. The van der Waals surface area contributed by atoms with Crippen LogP contribution < -0.4 is 4.74 Å². The summed E-state index contributed by atoms with van der Waals surface area (Å²) in [6.45, 7) is 4.40. The van der Waals surface area contributed by atoms with E-state index in [9.17, 15) is 13.2 Å². The van der Waals surface area contributed by atoms with Crippen LogP contribution in [0.15, 0.2) is 54.6 Å². The van der Waals surface area contributed by atoms with Crippen molar-refractivity contribution in [2.45, 2.75) is 39.5 Å². The second kappa shape index (κ2) is 10.9. The molecule has 0 aliphatic rings. The van der Waals surface area contributed by atoms with Crippen molar-refractivity contribution in [1.29, 1.82) is 0 Å². The monoisotopic (exact) mass is 424 g/mol. The summed E-state index contributed by atoms with van der Waals surface area (Å²) in [5.74, 6) is -1.45. The van der Waals surface area contributed by atoms with Crippen LogP contribution in [0.1, 0.15) is 49.8 Å². The minimum Gasteiger partial charge on any atom is -0.494 e. The van der Waals surface area contributed by atoms with Gasteiger partial charge < -0.3 is 4.74 Å². The number of hydrogen-bond acceptors (Lipinski definition) is 1. The fraction of sp³-hybridized carbons (Fsp3) is 0.259. The van der Waals surface area contributed by atoms with Crippen molar-refractivity contribution in [3.05, 3.63) is 88.7 Å². The lowest BCUT2D eigenvalue weighted by molar-refractivity contribution is 0.338. The van der Waals surface area contributed by atoms with E-state index in [-0.39, 0.29) is 11.4 Å². The van der Waals surface area contributed by atoms with E-state index in [1.165, 1.54) is 6.07 Å². The summed E-state index contributed by atoms with van der Waals surface area (Å²) in [5.41, 5.74) is 2.64. The summed E-state index contributed by atoms with van der Waals surface area (Å²) in [5, 5.41) is 0. The van der Waals surface area contributed by atoms with E-state index >= 15 is 0 Å². The number of halogens is 3. The molecule has 31 heavy (non-hydrogen) atoms. The Labute approximate surface area is 182 Å². The van der Waals surface area contributed by atoms with Gasteiger partial charge in [0.05, 0.1) is 6.61 Å². The van der Waals surface area contributed by atoms with Gasteiger partial charge in [0.25, 0.3) is 0 Å². The Hall–Kier alpha value is -3.01. The van der Waals surface area contributed by atoms with Gasteiger partial charge in [-0.2, -0.15) is 0 Å². The van der Waals surface area contributed by atoms with Gasteiger partial charge >= 0.3 is 0 Å². The van der Waals surface area contributed by atoms with Crippen LogP contribution in [-0.2, 0) is 6.42 Å². The molecule has 0 amide bonds. The highest BCUT2D eigenvalue weighted by Gasteiger charge is 2.11. The molecule has 0 spiro atoms. The van der Waals surface area contributed by atoms with Gasteiger partial charge in [-0.15, -0.1) is 0 Å². The van der Waals surface area contributed by atoms with Crippen molar-refractivity contribution in [3.8, 4) is 16.9 Å². The predicted molar refractivity (Wildman–Crippen MR) is 122 cm³/mol. The van der Waals surface area contributed by atoms with Crippen molar-refractivity contribution in [2.24, 2.45) is 0 Å². The summed E-state index contributed by atoms with van der Waals surface area (Å²) in [7, 11) is 0. The molecule has 0 bridgehead atoms. The fourth-order valence-corrected chi connectivity index (χ4v) is 3.44. The van der Waals surface area contributed by atoms with Crippen LogP contribution in [0.2, 0.25) is 0 Å². The first kappa shape index (κ1) is 22.7. The lowest BCUT2D eigenvalue weighted by Gasteiger charge is -2.08. The molecule has 0 radical (unpaired) electrons. The van der Waals surface area contributed by atoms with E-state index in [0.717, 1.165) is 30.4 Å². The molecule has 3 rings (SSSR count). The topological polar surface area (TPSA) is 9.23 Å². The molecule has 3 aromatic carbocycles. The van der Waals surface area contributed by atoms with Gasteiger partial charge in [-0.25, -0.2) is 13.2 Å². The van der Waals surface area contributed by atoms with Gasteiger partial charge in [0.15, 0.2) is 11.6 Å². The molecule has 162 valence electrons. The minimum absolute atomic E-state index is 0.207. The largest absolute Gasteiger partial charge is 0.494 e. The molecule has 1 nitrogen and oxygen atoms in total. The van der Waals surface area contributed by atoms with E-state index in [2.05, 4.69) is 6.92 Å². The van der Waals surface area contributed by atoms with Gasteiger partial charge in [-0.1, -0.05) is 68.3 Å². The lowest BCUT2D eigenvalue weighted by Crippen LogP contribution is -1.97. The Morgan fingerprint density at radius 3 is 2.26 bits per heavy atom. The van der Waals surface area contributed by atoms with Crippen molar-refractivity contribution in [2.75, 3.05) is 6.61 Å². The molecule has 0 atom stereocenters. The lowest BCUT2D eigenvalue weighted by atomic mass is 10.0. The van der Waals surface area contributed by atoms with Crippen LogP contribution in [0.25, 0.3) is 23.3 Å². The number of ether oxygens (including phenoxy) is 1. The van der Waals surface area contributed by atoms with Gasteiger partial charge in [-0.3, -0.25) is 0 Å². The molecule has 0 saturated carbocycles. The summed E-state index contributed by atoms with van der Waals surface area (Å²) >= 11 is 0. The molecule has 0 aromatic heterocycles. The third kappa shape index (κ3) is 5.78. The summed E-state index contributed by atoms with van der Waals surface area (Å²) in [6.07, 6.45) is 6.70. The number of benzene rings is 3. The Bertz CT molecular complexity index is 1040. The molecular formula is C27H27F3O. The second-order valence-electron chi connectivity index (χ2n) is 7.43. The molecular weight excluding hydrogens is 397 g/mol. The maximum atomic E-state index is 14.4. The third-order valence-electron chi connectivity index (χ3n) is 5.17. The SMILES string of the molecule is CCCCCc1ccc(C=Cc2ccc(-c3ccc(OCC)cc3F)cc2)c(F)c1F. The van der Waals surface area contributed by atoms with Gasteiger partial charge in [0.2, 0.25) is 0 Å². The van der Waals surface area contributed by atoms with Crippen LogP contribution in [0.4, 0.5) is 13.2 Å². The van der Waals surface area contributed by atoms with Crippen LogP contribution in [0.3, 0.4) is 0 Å². The van der Waals surface area contributed by atoms with Crippen LogP contribution in [0, 0.1) is 17.5 Å². The number of unbranched alkanes of at least 4 members (excludes halogenated alkanes) is 2. The van der Waals surface area contributed by atoms with Crippen LogP contribution >= 0.6 is 0 Å². The minimum atomic E-state index is -0.821. The highest BCUT2D eigenvalue weighted by atomic mass is 19.2. The van der Waals surface area contributed by atoms with E-state index in [4.69, 9.17) is 4.74 Å². The summed E-state index contributed by atoms with van der Waals surface area (Å²) in [4.78, 5) is 0. The summed E-state index contributed by atoms with van der Waals surface area (Å²) < 4.78 is 48.4. The van der Waals surface area contributed by atoms with Crippen molar-refractivity contribution < 1.29 is 17.9 Å². The quantitative estimate of drug-likeness (QED) is 0.249. The Morgan fingerprint density at radius 1 is 0.806 bits per heavy atom. The van der Waals surface area contributed by atoms with Gasteiger partial charge in [0, 0.05) is 17.2 Å². The molecule has 0 aliphatic heterocycles. The normalized spacial score (nSPS) is 11.3. The number of aryl methyl sites for hydroxylation is 1. The van der Waals surface area contributed by atoms with Gasteiger partial charge in [-0.05, 0) is 48.6 Å². The van der Waals surface area contributed by atoms with E-state index in [1.807, 2.05) is 19.1 Å². The standard InChI is InChI=1S/C27H27F3O/c1-3-5-6-7-21-14-15-22(27(30)26(21)29)13-10-19-8-11-20(12-9-19)24-17-16-23(31-4-2)18-25(24)28/h8-18H,3-7H2,1-2H3. The van der Waals surface area contributed by atoms with Crippen molar-refractivity contribution in [3.63, 3.8) is 0 Å². The number of rotatable bonds is 9. The molecule has 0 aliphatic carbocycles. The second-order valence-corrected chi connectivity index (χ2v) is 7.43. The van der Waals surface area contributed by atoms with Crippen molar-refractivity contribution >= 4 is 12.2 Å². The average Bonchev–Trinajstić information content (AvgIpc) is 2.77. The maximum absolute atomic E-state index is 14.4. The molecule has 0 heterocycles. The van der Waals surface area contributed by atoms with Crippen LogP contribution in [-0.4, -0.2) is 6.61 Å². The zero-order chi connectivity index (χ0) is 22.2. The Morgan fingerprint density at radius 2 is 1.58 bits per heavy atom. The highest BCUT2D eigenvalue weighted by Crippen LogP contribution is 2.27. The summed E-state index contributed by atoms with van der Waals surface area (Å²) in [6, 6.07) is 15.3. The fourth-order valence-electron chi connectivity index (χ4n) is 3.44.